The van der Waals surface area contributed by atoms with Crippen molar-refractivity contribution in [2.75, 3.05) is 25.3 Å². The fourth-order valence-corrected chi connectivity index (χ4v) is 4.02. The Balaban J connectivity index is 2.18. The van der Waals surface area contributed by atoms with Crippen LogP contribution in [-0.2, 0) is 33.5 Å². The number of β-lactam (4-membered cyclic amide) rings is 1. The monoisotopic (exact) mass is 433 g/mol. The minimum Gasteiger partial charge on any atom is -0.477 e. The molecule has 0 aromatic carbocycles. The second kappa shape index (κ2) is 9.06. The number of nitrogens with one attached hydrogen (secondary N) is 1. The molecule has 0 aliphatic carbocycles. The number of carboxylic acids is 1. The largest absolute Gasteiger partial charge is 0.477 e. The van der Waals surface area contributed by atoms with E-state index in [9.17, 15) is 29.1 Å². The molecule has 1 saturated heterocycles. The van der Waals surface area contributed by atoms with Gasteiger partial charge in [0.2, 0.25) is 11.5 Å². The number of carboxylic acid groups (broad SMARTS) is 1. The van der Waals surface area contributed by atoms with Crippen molar-refractivity contribution >= 4 is 58.6 Å². The second-order valence-electron chi connectivity index (χ2n) is 5.58. The van der Waals surface area contributed by atoms with Gasteiger partial charge in [-0.2, -0.15) is 0 Å². The lowest BCUT2D eigenvalue weighted by molar-refractivity contribution is -0.150. The third kappa shape index (κ3) is 4.28. The molecule has 13 heteroatoms. The van der Waals surface area contributed by atoms with Crippen LogP contribution in [0, 0.1) is 0 Å². The molecule has 2 unspecified atom stereocenters. The van der Waals surface area contributed by atoms with Crippen molar-refractivity contribution in [2.45, 2.75) is 18.3 Å². The molecule has 2 rings (SSSR count). The topological polar surface area (TPSA) is 152 Å². The normalized spacial score (nSPS) is 21.5. The van der Waals surface area contributed by atoms with E-state index in [1.54, 1.807) is 0 Å². The molecule has 0 saturated carbocycles. The number of nitrogens with zero attached hydrogens (tertiary/aromatic N) is 2. The Morgan fingerprint density at radius 1 is 1.39 bits per heavy atom. The minimum absolute atomic E-state index is 0.176. The number of ketones is 1. The molecule has 11 nitrogen and oxygen atoms in total. The maximum absolute atomic E-state index is 12.5. The first kappa shape index (κ1) is 21.7. The van der Waals surface area contributed by atoms with Gasteiger partial charge in [-0.05, 0) is 0 Å². The zero-order chi connectivity index (χ0) is 21.0. The lowest BCUT2D eigenvalue weighted by Crippen LogP contribution is -2.71. The van der Waals surface area contributed by atoms with Crippen LogP contribution in [0.3, 0.4) is 0 Å². The fourth-order valence-electron chi connectivity index (χ4n) is 2.57. The molecule has 2 amide bonds. The van der Waals surface area contributed by atoms with Crippen LogP contribution >= 0.6 is 23.4 Å². The number of carbonyl (C=O) groups excluding carboxylic acids is 4. The van der Waals surface area contributed by atoms with Crippen LogP contribution in [-0.4, -0.2) is 82.0 Å². The van der Waals surface area contributed by atoms with Gasteiger partial charge in [-0.3, -0.25) is 24.1 Å². The lowest BCUT2D eigenvalue weighted by Gasteiger charge is -2.49. The molecule has 2 atom stereocenters. The van der Waals surface area contributed by atoms with Crippen molar-refractivity contribution in [2.24, 2.45) is 5.16 Å². The first-order valence-electron chi connectivity index (χ1n) is 7.77. The standard InChI is InChI=1S/C15H16ClN3O8S/c1-6(20)27-4-7-5-28-14-10(13(23)19(14)11(7)15(24)25)17-12(22)9(18-26-2)8(21)3-16/h10,14H,3-5H2,1-2H3,(H,17,22)(H,24,25)/b18-9+. The van der Waals surface area contributed by atoms with Crippen LogP contribution in [0.4, 0.5) is 0 Å². The first-order chi connectivity index (χ1) is 13.2. The van der Waals surface area contributed by atoms with E-state index in [2.05, 4.69) is 15.3 Å². The second-order valence-corrected chi connectivity index (χ2v) is 6.95. The van der Waals surface area contributed by atoms with E-state index in [1.165, 1.54) is 18.7 Å². The van der Waals surface area contributed by atoms with Crippen molar-refractivity contribution in [1.29, 1.82) is 0 Å². The van der Waals surface area contributed by atoms with Crippen LogP contribution in [0.1, 0.15) is 6.92 Å². The molecule has 1 fully saturated rings. The van der Waals surface area contributed by atoms with Gasteiger partial charge >= 0.3 is 11.9 Å². The van der Waals surface area contributed by atoms with Gasteiger partial charge in [0.15, 0.2) is 0 Å². The number of ether oxygens (including phenoxy) is 1. The number of rotatable bonds is 8. The minimum atomic E-state index is -1.36. The summed E-state index contributed by atoms with van der Waals surface area (Å²) in [4.78, 5) is 64.4. The van der Waals surface area contributed by atoms with Gasteiger partial charge in [0.05, 0.1) is 5.88 Å². The number of hydrogen-bond acceptors (Lipinski definition) is 9. The zero-order valence-corrected chi connectivity index (χ0v) is 16.3. The SMILES string of the molecule is CO/N=C(\C(=O)CCl)C(=O)NC1C(=O)N2C(C(=O)O)=C(COC(C)=O)CSC12. The summed E-state index contributed by atoms with van der Waals surface area (Å²) in [5.41, 5.74) is -0.627. The number of thioether (sulfide) groups is 1. The lowest BCUT2D eigenvalue weighted by atomic mass is 10.0. The predicted octanol–water partition coefficient (Wildman–Crippen LogP) is -0.902. The van der Waals surface area contributed by atoms with Crippen molar-refractivity contribution in [3.05, 3.63) is 11.3 Å². The number of fused-ring (bicyclic) bond motifs is 1. The predicted molar refractivity (Wildman–Crippen MR) is 96.5 cm³/mol. The highest BCUT2D eigenvalue weighted by molar-refractivity contribution is 8.00. The highest BCUT2D eigenvalue weighted by Gasteiger charge is 2.54. The maximum atomic E-state index is 12.5. The number of halogens is 1. The Bertz CT molecular complexity index is 796. The maximum Gasteiger partial charge on any atom is 0.352 e. The van der Waals surface area contributed by atoms with Gasteiger partial charge in [-0.15, -0.1) is 23.4 Å². The Morgan fingerprint density at radius 2 is 2.07 bits per heavy atom. The van der Waals surface area contributed by atoms with E-state index in [0.29, 0.717) is 0 Å². The van der Waals surface area contributed by atoms with Gasteiger partial charge in [0.25, 0.3) is 11.8 Å². The Morgan fingerprint density at radius 3 is 2.61 bits per heavy atom. The van der Waals surface area contributed by atoms with E-state index in [0.717, 1.165) is 12.0 Å². The number of Topliss-reactive ketones (excluding diaryl/α,β-unsaturated/α-hetero) is 1. The Kier molecular flexibility index (Phi) is 7.02. The first-order valence-corrected chi connectivity index (χ1v) is 9.35. The summed E-state index contributed by atoms with van der Waals surface area (Å²) in [6.07, 6.45) is 0. The molecule has 2 aliphatic heterocycles. The van der Waals surface area contributed by atoms with Crippen molar-refractivity contribution in [1.82, 2.24) is 10.2 Å². The molecule has 0 spiro atoms. The summed E-state index contributed by atoms with van der Waals surface area (Å²) < 4.78 is 4.83. The molecule has 2 N–H and O–H groups in total. The van der Waals surface area contributed by atoms with Crippen molar-refractivity contribution in [3.63, 3.8) is 0 Å². The molecule has 2 aliphatic rings. The fraction of sp³-hybridized carbons (Fsp3) is 0.467. The molecule has 0 aromatic rings. The summed E-state index contributed by atoms with van der Waals surface area (Å²) in [6.45, 7) is 0.924. The molecule has 2 heterocycles. The smallest absolute Gasteiger partial charge is 0.352 e. The molecule has 0 aromatic heterocycles. The van der Waals surface area contributed by atoms with E-state index in [-0.39, 0.29) is 23.6 Å². The highest BCUT2D eigenvalue weighted by atomic mass is 35.5. The summed E-state index contributed by atoms with van der Waals surface area (Å²) in [7, 11) is 1.14. The third-order valence-electron chi connectivity index (χ3n) is 3.77. The Hall–Kier alpha value is -2.60. The van der Waals surface area contributed by atoms with E-state index in [1.807, 2.05) is 0 Å². The van der Waals surface area contributed by atoms with E-state index in [4.69, 9.17) is 16.3 Å². The van der Waals surface area contributed by atoms with Crippen LogP contribution < -0.4 is 5.32 Å². The summed E-state index contributed by atoms with van der Waals surface area (Å²) in [6, 6.07) is -1.06. The number of alkyl halides is 1. The van der Waals surface area contributed by atoms with Crippen molar-refractivity contribution in [3.8, 4) is 0 Å². The Labute approximate surface area is 168 Å². The van der Waals surface area contributed by atoms with Gasteiger partial charge in [-0.25, -0.2) is 4.79 Å². The van der Waals surface area contributed by atoms with Crippen LogP contribution in [0.5, 0.6) is 0 Å². The van der Waals surface area contributed by atoms with Gasteiger partial charge < -0.3 is 20.0 Å². The third-order valence-corrected chi connectivity index (χ3v) is 5.35. The van der Waals surface area contributed by atoms with Crippen LogP contribution in [0.15, 0.2) is 16.4 Å². The number of amides is 2. The quantitative estimate of drug-likeness (QED) is 0.124. The average molecular weight is 434 g/mol. The van der Waals surface area contributed by atoms with Crippen LogP contribution in [0.25, 0.3) is 0 Å². The molecule has 0 bridgehead atoms. The number of carbonyl (C=O) groups is 5. The number of esters is 1. The number of oxime groups is 1. The van der Waals surface area contributed by atoms with Gasteiger partial charge in [0.1, 0.15) is 30.8 Å². The molecule has 28 heavy (non-hydrogen) atoms. The summed E-state index contributed by atoms with van der Waals surface area (Å²) >= 11 is 6.60. The average Bonchev–Trinajstić information content (AvgIpc) is 2.66. The molecular weight excluding hydrogens is 418 g/mol. The molecule has 152 valence electrons. The van der Waals surface area contributed by atoms with Gasteiger partial charge in [0, 0.05) is 18.2 Å². The number of hydrogen-bond donors (Lipinski definition) is 2. The van der Waals surface area contributed by atoms with Crippen LogP contribution in [0.2, 0.25) is 0 Å². The number of aliphatic carboxylic acids is 1. The summed E-state index contributed by atoms with van der Waals surface area (Å²) in [5, 5.41) is 14.4. The molecular formula is C15H16ClN3O8S. The van der Waals surface area contributed by atoms with E-state index < -0.39 is 52.5 Å². The molecule has 0 radical (unpaired) electrons. The summed E-state index contributed by atoms with van der Waals surface area (Å²) in [5.74, 6) is -4.71. The zero-order valence-electron chi connectivity index (χ0n) is 14.8. The van der Waals surface area contributed by atoms with Crippen molar-refractivity contribution < 1.29 is 38.7 Å². The van der Waals surface area contributed by atoms with Gasteiger partial charge in [-0.1, -0.05) is 5.16 Å². The van der Waals surface area contributed by atoms with E-state index >= 15 is 0 Å². The highest BCUT2D eigenvalue weighted by Crippen LogP contribution is 2.40.